The Morgan fingerprint density at radius 3 is 2.06 bits per heavy atom. The maximum Gasteiger partial charge on any atom is 0.252 e. The van der Waals surface area contributed by atoms with Gasteiger partial charge in [-0.2, -0.15) is 9.78 Å². The van der Waals surface area contributed by atoms with E-state index in [4.69, 9.17) is 11.6 Å². The molecule has 96 valence electrons. The van der Waals surface area contributed by atoms with E-state index in [1.54, 1.807) is 4.68 Å². The van der Waals surface area contributed by atoms with Gasteiger partial charge in [-0.3, -0.25) is 0 Å². The average molecular weight is 265 g/mol. The zero-order chi connectivity index (χ0) is 13.5. The van der Waals surface area contributed by atoms with Crippen LogP contribution in [-0.4, -0.2) is 19.7 Å². The molecule has 0 bridgehead atoms. The summed E-state index contributed by atoms with van der Waals surface area (Å²) in [7, 11) is 0. The maximum atomic E-state index is 6.21. The number of aromatic nitrogens is 4. The van der Waals surface area contributed by atoms with Gasteiger partial charge in [0, 0.05) is 16.8 Å². The summed E-state index contributed by atoms with van der Waals surface area (Å²) < 4.78 is 1.59. The lowest BCUT2D eigenvalue weighted by Gasteiger charge is -2.14. The standard InChI is InChI=1S/C13H17ClN4/c1-8-6-9(2)16-12(15-8)18-11(14)7-10(17-18)13(3,4)5/h6-7H,1-5H3. The van der Waals surface area contributed by atoms with Crippen molar-refractivity contribution in [2.45, 2.75) is 40.0 Å². The van der Waals surface area contributed by atoms with E-state index in [0.717, 1.165) is 17.1 Å². The number of halogens is 1. The Morgan fingerprint density at radius 2 is 1.61 bits per heavy atom. The third-order valence-electron chi connectivity index (χ3n) is 2.59. The molecule has 0 spiro atoms. The van der Waals surface area contributed by atoms with Crippen LogP contribution in [0.2, 0.25) is 5.15 Å². The SMILES string of the molecule is Cc1cc(C)nc(-n2nc(C(C)(C)C)cc2Cl)n1. The highest BCUT2D eigenvalue weighted by atomic mass is 35.5. The third-order valence-corrected chi connectivity index (χ3v) is 2.86. The number of nitrogens with zero attached hydrogens (tertiary/aromatic N) is 4. The van der Waals surface area contributed by atoms with Gasteiger partial charge >= 0.3 is 0 Å². The predicted octanol–water partition coefficient (Wildman–Crippen LogP) is 3.23. The first-order chi connectivity index (χ1) is 8.27. The number of rotatable bonds is 1. The van der Waals surface area contributed by atoms with E-state index in [9.17, 15) is 0 Å². The molecule has 4 nitrogen and oxygen atoms in total. The van der Waals surface area contributed by atoms with E-state index in [0.29, 0.717) is 11.1 Å². The van der Waals surface area contributed by atoms with Crippen LogP contribution in [0.5, 0.6) is 0 Å². The molecular formula is C13H17ClN4. The van der Waals surface area contributed by atoms with Gasteiger partial charge < -0.3 is 0 Å². The van der Waals surface area contributed by atoms with Crippen molar-refractivity contribution in [3.8, 4) is 5.95 Å². The Morgan fingerprint density at radius 1 is 1.06 bits per heavy atom. The van der Waals surface area contributed by atoms with Crippen LogP contribution in [-0.2, 0) is 5.41 Å². The van der Waals surface area contributed by atoms with Crippen LogP contribution in [0.1, 0.15) is 37.9 Å². The summed E-state index contributed by atoms with van der Waals surface area (Å²) in [5.41, 5.74) is 2.69. The Kier molecular flexibility index (Phi) is 3.15. The van der Waals surface area contributed by atoms with Gasteiger partial charge in [0.25, 0.3) is 5.95 Å². The number of hydrogen-bond donors (Lipinski definition) is 0. The normalized spacial score (nSPS) is 11.9. The molecule has 0 atom stereocenters. The van der Waals surface area contributed by atoms with Gasteiger partial charge in [0.1, 0.15) is 5.15 Å². The van der Waals surface area contributed by atoms with Gasteiger partial charge in [-0.1, -0.05) is 32.4 Å². The second-order valence-corrected chi connectivity index (χ2v) is 5.85. The molecule has 0 saturated carbocycles. The fourth-order valence-electron chi connectivity index (χ4n) is 1.67. The molecule has 0 unspecified atom stereocenters. The highest BCUT2D eigenvalue weighted by molar-refractivity contribution is 6.29. The van der Waals surface area contributed by atoms with Crippen molar-refractivity contribution in [1.29, 1.82) is 0 Å². The van der Waals surface area contributed by atoms with E-state index in [1.807, 2.05) is 26.0 Å². The summed E-state index contributed by atoms with van der Waals surface area (Å²) in [6.45, 7) is 10.1. The summed E-state index contributed by atoms with van der Waals surface area (Å²) >= 11 is 6.21. The Labute approximate surface area is 112 Å². The van der Waals surface area contributed by atoms with Gasteiger partial charge in [0.15, 0.2) is 0 Å². The predicted molar refractivity (Wildman–Crippen MR) is 72.3 cm³/mol. The van der Waals surface area contributed by atoms with Crippen LogP contribution in [0.25, 0.3) is 5.95 Å². The molecule has 0 N–H and O–H groups in total. The lowest BCUT2D eigenvalue weighted by atomic mass is 9.93. The van der Waals surface area contributed by atoms with E-state index < -0.39 is 0 Å². The van der Waals surface area contributed by atoms with Gasteiger partial charge in [0.2, 0.25) is 0 Å². The largest absolute Gasteiger partial charge is 0.252 e. The molecule has 0 amide bonds. The van der Waals surface area contributed by atoms with Crippen molar-refractivity contribution in [2.24, 2.45) is 0 Å². The molecule has 2 heterocycles. The summed E-state index contributed by atoms with van der Waals surface area (Å²) in [5.74, 6) is 0.521. The van der Waals surface area contributed by atoms with Crippen molar-refractivity contribution >= 4 is 11.6 Å². The fraction of sp³-hybridized carbons (Fsp3) is 0.462. The van der Waals surface area contributed by atoms with Crippen molar-refractivity contribution in [3.63, 3.8) is 0 Å². The number of aryl methyl sites for hydroxylation is 2. The molecule has 2 rings (SSSR count). The second kappa shape index (κ2) is 4.35. The molecule has 2 aromatic rings. The van der Waals surface area contributed by atoms with Crippen LogP contribution in [0.4, 0.5) is 0 Å². The van der Waals surface area contributed by atoms with E-state index in [1.165, 1.54) is 0 Å². The lowest BCUT2D eigenvalue weighted by Crippen LogP contribution is -2.13. The quantitative estimate of drug-likeness (QED) is 0.794. The molecule has 2 aromatic heterocycles. The van der Waals surface area contributed by atoms with Gasteiger partial charge in [-0.25, -0.2) is 9.97 Å². The molecule has 18 heavy (non-hydrogen) atoms. The molecule has 5 heteroatoms. The lowest BCUT2D eigenvalue weighted by molar-refractivity contribution is 0.558. The molecule has 0 aliphatic heterocycles. The van der Waals surface area contributed by atoms with Crippen LogP contribution < -0.4 is 0 Å². The highest BCUT2D eigenvalue weighted by Crippen LogP contribution is 2.25. The zero-order valence-electron chi connectivity index (χ0n) is 11.3. The first-order valence-electron chi connectivity index (χ1n) is 5.86. The minimum absolute atomic E-state index is 0.0479. The fourth-order valence-corrected chi connectivity index (χ4v) is 1.88. The Hall–Kier alpha value is -1.42. The van der Waals surface area contributed by atoms with Crippen LogP contribution in [0, 0.1) is 13.8 Å². The first-order valence-corrected chi connectivity index (χ1v) is 6.24. The van der Waals surface area contributed by atoms with Crippen molar-refractivity contribution < 1.29 is 0 Å². The molecule has 0 saturated heterocycles. The van der Waals surface area contributed by atoms with E-state index in [-0.39, 0.29) is 5.41 Å². The van der Waals surface area contributed by atoms with Crippen LogP contribution in [0.3, 0.4) is 0 Å². The molecule has 0 aliphatic rings. The molecule has 0 fully saturated rings. The summed E-state index contributed by atoms with van der Waals surface area (Å²) in [6.07, 6.45) is 0. The summed E-state index contributed by atoms with van der Waals surface area (Å²) in [4.78, 5) is 8.73. The zero-order valence-corrected chi connectivity index (χ0v) is 12.1. The Balaban J connectivity index is 2.54. The molecule has 0 aliphatic carbocycles. The van der Waals surface area contributed by atoms with Crippen LogP contribution >= 0.6 is 11.6 Å². The monoisotopic (exact) mass is 264 g/mol. The summed E-state index contributed by atoms with van der Waals surface area (Å²) in [6, 6.07) is 3.79. The van der Waals surface area contributed by atoms with E-state index >= 15 is 0 Å². The van der Waals surface area contributed by atoms with Gasteiger partial charge in [-0.05, 0) is 26.0 Å². The highest BCUT2D eigenvalue weighted by Gasteiger charge is 2.20. The first kappa shape index (κ1) is 13.0. The van der Waals surface area contributed by atoms with Crippen molar-refractivity contribution in [3.05, 3.63) is 34.4 Å². The van der Waals surface area contributed by atoms with Crippen molar-refractivity contribution in [2.75, 3.05) is 0 Å². The topological polar surface area (TPSA) is 43.6 Å². The molecular weight excluding hydrogens is 248 g/mol. The molecule has 0 aromatic carbocycles. The van der Waals surface area contributed by atoms with Gasteiger partial charge in [0.05, 0.1) is 5.69 Å². The Bertz CT molecular complexity index is 561. The van der Waals surface area contributed by atoms with Crippen molar-refractivity contribution in [1.82, 2.24) is 19.7 Å². The third kappa shape index (κ3) is 2.53. The minimum atomic E-state index is -0.0479. The summed E-state index contributed by atoms with van der Waals surface area (Å²) in [5, 5.41) is 5.03. The smallest absolute Gasteiger partial charge is 0.216 e. The van der Waals surface area contributed by atoms with Crippen LogP contribution in [0.15, 0.2) is 12.1 Å². The minimum Gasteiger partial charge on any atom is -0.216 e. The molecule has 0 radical (unpaired) electrons. The van der Waals surface area contributed by atoms with Gasteiger partial charge in [-0.15, -0.1) is 0 Å². The second-order valence-electron chi connectivity index (χ2n) is 5.46. The van der Waals surface area contributed by atoms with E-state index in [2.05, 4.69) is 35.8 Å². The maximum absolute atomic E-state index is 6.21. The average Bonchev–Trinajstić information content (AvgIpc) is 2.58. The number of hydrogen-bond acceptors (Lipinski definition) is 3.